The van der Waals surface area contributed by atoms with Crippen LogP contribution in [0.1, 0.15) is 23.2 Å². The Bertz CT molecular complexity index is 761. The van der Waals surface area contributed by atoms with E-state index in [1.807, 2.05) is 0 Å². The summed E-state index contributed by atoms with van der Waals surface area (Å²) >= 11 is 0. The number of fused-ring (bicyclic) bond motifs is 1. The molecular weight excluding hydrogens is 321 g/mol. The van der Waals surface area contributed by atoms with Gasteiger partial charge in [0.2, 0.25) is 0 Å². The van der Waals surface area contributed by atoms with Crippen LogP contribution in [0.2, 0.25) is 0 Å². The first-order valence-corrected chi connectivity index (χ1v) is 7.69. The van der Waals surface area contributed by atoms with Gasteiger partial charge in [-0.05, 0) is 18.9 Å². The number of aromatic nitrogens is 1. The number of para-hydroxylation sites is 1. The number of alkyl halides is 3. The Balaban J connectivity index is 1.99. The van der Waals surface area contributed by atoms with E-state index in [9.17, 15) is 18.0 Å². The highest BCUT2D eigenvalue weighted by molar-refractivity contribution is 6.08. The molecule has 1 aliphatic heterocycles. The molecule has 0 saturated carbocycles. The zero-order valence-corrected chi connectivity index (χ0v) is 13.1. The van der Waals surface area contributed by atoms with Gasteiger partial charge in [0.15, 0.2) is 5.75 Å². The molecule has 1 amide bonds. The molecule has 1 aromatic carbocycles. The van der Waals surface area contributed by atoms with Gasteiger partial charge in [-0.15, -0.1) is 0 Å². The van der Waals surface area contributed by atoms with Gasteiger partial charge in [-0.3, -0.25) is 9.78 Å². The fourth-order valence-electron chi connectivity index (χ4n) is 3.09. The molecule has 2 heterocycles. The standard InChI is InChI=1S/C17H17F3N2O2/c1-24-14-9-21-13-7-3-2-6-12(13)15(14)16(23)22-8-4-5-11(10-22)17(18,19)20/h2-3,6-7,9,11H,4-5,8,10H2,1H3. The van der Waals surface area contributed by atoms with E-state index < -0.39 is 18.0 Å². The van der Waals surface area contributed by atoms with Gasteiger partial charge >= 0.3 is 6.18 Å². The number of carbonyl (C=O) groups is 1. The summed E-state index contributed by atoms with van der Waals surface area (Å²) in [5.74, 6) is -1.65. The number of carbonyl (C=O) groups excluding carboxylic acids is 1. The fraction of sp³-hybridized carbons (Fsp3) is 0.412. The minimum atomic E-state index is -4.29. The molecule has 0 spiro atoms. The number of amides is 1. The van der Waals surface area contributed by atoms with E-state index in [-0.39, 0.29) is 24.3 Å². The number of rotatable bonds is 2. The van der Waals surface area contributed by atoms with E-state index in [4.69, 9.17) is 4.74 Å². The van der Waals surface area contributed by atoms with Crippen LogP contribution in [-0.4, -0.2) is 42.2 Å². The van der Waals surface area contributed by atoms with E-state index in [0.29, 0.717) is 23.9 Å². The van der Waals surface area contributed by atoms with Crippen molar-refractivity contribution in [1.82, 2.24) is 9.88 Å². The number of methoxy groups -OCH3 is 1. The monoisotopic (exact) mass is 338 g/mol. The Morgan fingerprint density at radius 1 is 1.33 bits per heavy atom. The molecule has 0 bridgehead atoms. The SMILES string of the molecule is COc1cnc2ccccc2c1C(=O)N1CCCC(C(F)(F)F)C1. The first-order chi connectivity index (χ1) is 11.4. The lowest BCUT2D eigenvalue weighted by atomic mass is 9.96. The number of nitrogens with zero attached hydrogens (tertiary/aromatic N) is 2. The fourth-order valence-corrected chi connectivity index (χ4v) is 3.09. The summed E-state index contributed by atoms with van der Waals surface area (Å²) < 4.78 is 44.2. The number of benzene rings is 1. The maximum atomic E-state index is 13.0. The van der Waals surface area contributed by atoms with Crippen molar-refractivity contribution in [3.8, 4) is 5.75 Å². The smallest absolute Gasteiger partial charge is 0.393 e. The van der Waals surface area contributed by atoms with E-state index in [1.54, 1.807) is 24.3 Å². The summed E-state index contributed by atoms with van der Waals surface area (Å²) in [7, 11) is 1.41. The van der Waals surface area contributed by atoms with Crippen molar-refractivity contribution in [3.05, 3.63) is 36.0 Å². The van der Waals surface area contributed by atoms with Crippen LogP contribution in [0, 0.1) is 5.92 Å². The average Bonchev–Trinajstić information content (AvgIpc) is 2.59. The highest BCUT2D eigenvalue weighted by Crippen LogP contribution is 2.35. The molecule has 0 N–H and O–H groups in total. The van der Waals surface area contributed by atoms with Crippen molar-refractivity contribution in [2.75, 3.05) is 20.2 Å². The van der Waals surface area contributed by atoms with Crippen LogP contribution in [0.15, 0.2) is 30.5 Å². The van der Waals surface area contributed by atoms with E-state index in [0.717, 1.165) is 0 Å². The van der Waals surface area contributed by atoms with Crippen molar-refractivity contribution in [2.45, 2.75) is 19.0 Å². The normalized spacial score (nSPS) is 18.7. The Kier molecular flexibility index (Phi) is 4.34. The Labute approximate surface area is 137 Å². The molecule has 1 fully saturated rings. The van der Waals surface area contributed by atoms with Crippen LogP contribution in [0.4, 0.5) is 13.2 Å². The summed E-state index contributed by atoms with van der Waals surface area (Å²) in [6.45, 7) is -0.00659. The van der Waals surface area contributed by atoms with Gasteiger partial charge in [-0.1, -0.05) is 18.2 Å². The molecular formula is C17H17F3N2O2. The molecule has 128 valence electrons. The van der Waals surface area contributed by atoms with E-state index in [1.165, 1.54) is 18.2 Å². The van der Waals surface area contributed by atoms with Crippen LogP contribution in [0.5, 0.6) is 5.75 Å². The highest BCUT2D eigenvalue weighted by Gasteiger charge is 2.43. The first-order valence-electron chi connectivity index (χ1n) is 7.69. The minimum absolute atomic E-state index is 0.0571. The van der Waals surface area contributed by atoms with Gasteiger partial charge in [-0.2, -0.15) is 13.2 Å². The van der Waals surface area contributed by atoms with Crippen molar-refractivity contribution in [3.63, 3.8) is 0 Å². The number of piperidine rings is 1. The summed E-state index contributed by atoms with van der Waals surface area (Å²) in [5, 5.41) is 0.580. The lowest BCUT2D eigenvalue weighted by Crippen LogP contribution is -2.44. The molecule has 24 heavy (non-hydrogen) atoms. The number of pyridine rings is 1. The number of ether oxygens (including phenoxy) is 1. The second kappa shape index (κ2) is 6.30. The Morgan fingerprint density at radius 2 is 2.08 bits per heavy atom. The van der Waals surface area contributed by atoms with Crippen LogP contribution in [0.25, 0.3) is 10.9 Å². The van der Waals surface area contributed by atoms with Crippen LogP contribution >= 0.6 is 0 Å². The molecule has 0 aliphatic carbocycles. The summed E-state index contributed by atoms with van der Waals surface area (Å²) in [6.07, 6.45) is -2.47. The third-order valence-corrected chi connectivity index (χ3v) is 4.35. The lowest BCUT2D eigenvalue weighted by molar-refractivity contribution is -0.184. The number of likely N-dealkylation sites (tertiary alicyclic amines) is 1. The maximum absolute atomic E-state index is 13.0. The second-order valence-corrected chi connectivity index (χ2v) is 5.85. The zero-order valence-electron chi connectivity index (χ0n) is 13.1. The van der Waals surface area contributed by atoms with E-state index >= 15 is 0 Å². The predicted octanol–water partition coefficient (Wildman–Crippen LogP) is 3.66. The Morgan fingerprint density at radius 3 is 2.79 bits per heavy atom. The molecule has 1 aromatic heterocycles. The third-order valence-electron chi connectivity index (χ3n) is 4.35. The lowest BCUT2D eigenvalue weighted by Gasteiger charge is -2.34. The Hall–Kier alpha value is -2.31. The summed E-state index contributed by atoms with van der Waals surface area (Å²) in [6, 6.07) is 7.02. The van der Waals surface area contributed by atoms with E-state index in [2.05, 4.69) is 4.98 Å². The van der Waals surface area contributed by atoms with Crippen molar-refractivity contribution in [1.29, 1.82) is 0 Å². The van der Waals surface area contributed by atoms with Gasteiger partial charge in [0.1, 0.15) is 0 Å². The minimum Gasteiger partial charge on any atom is -0.494 e. The third kappa shape index (κ3) is 3.02. The first kappa shape index (κ1) is 16.5. The highest BCUT2D eigenvalue weighted by atomic mass is 19.4. The van der Waals surface area contributed by atoms with Crippen LogP contribution in [0.3, 0.4) is 0 Å². The average molecular weight is 338 g/mol. The van der Waals surface area contributed by atoms with Crippen molar-refractivity contribution < 1.29 is 22.7 Å². The molecule has 0 radical (unpaired) electrons. The molecule has 1 aliphatic rings. The quantitative estimate of drug-likeness (QED) is 0.839. The largest absolute Gasteiger partial charge is 0.494 e. The topological polar surface area (TPSA) is 42.4 Å². The molecule has 1 saturated heterocycles. The van der Waals surface area contributed by atoms with Crippen LogP contribution in [-0.2, 0) is 0 Å². The van der Waals surface area contributed by atoms with Gasteiger partial charge in [0, 0.05) is 18.5 Å². The second-order valence-electron chi connectivity index (χ2n) is 5.85. The van der Waals surface area contributed by atoms with Gasteiger partial charge in [0.05, 0.1) is 30.3 Å². The molecule has 7 heteroatoms. The summed E-state index contributed by atoms with van der Waals surface area (Å²) in [5.41, 5.74) is 0.872. The van der Waals surface area contributed by atoms with Gasteiger partial charge < -0.3 is 9.64 Å². The van der Waals surface area contributed by atoms with Gasteiger partial charge in [0.25, 0.3) is 5.91 Å². The molecule has 1 atom stereocenters. The number of hydrogen-bond donors (Lipinski definition) is 0. The number of hydrogen-bond acceptors (Lipinski definition) is 3. The van der Waals surface area contributed by atoms with Crippen molar-refractivity contribution in [2.24, 2.45) is 5.92 Å². The maximum Gasteiger partial charge on any atom is 0.393 e. The molecule has 4 nitrogen and oxygen atoms in total. The molecule has 1 unspecified atom stereocenters. The van der Waals surface area contributed by atoms with Crippen LogP contribution < -0.4 is 4.74 Å². The predicted molar refractivity (Wildman–Crippen MR) is 83.0 cm³/mol. The summed E-state index contributed by atoms with van der Waals surface area (Å²) in [4.78, 5) is 18.4. The van der Waals surface area contributed by atoms with Crippen molar-refractivity contribution >= 4 is 16.8 Å². The molecule has 2 aromatic rings. The zero-order chi connectivity index (χ0) is 17.3. The van der Waals surface area contributed by atoms with Gasteiger partial charge in [-0.25, -0.2) is 0 Å². The number of halogens is 3. The molecule has 3 rings (SSSR count).